The average Bonchev–Trinajstić information content (AvgIpc) is 3.14. The van der Waals surface area contributed by atoms with Gasteiger partial charge in [0.25, 0.3) is 5.91 Å². The van der Waals surface area contributed by atoms with Gasteiger partial charge in [0.1, 0.15) is 12.1 Å². The number of fused-ring (bicyclic) bond motifs is 1. The van der Waals surface area contributed by atoms with Gasteiger partial charge in [0.05, 0.1) is 0 Å². The summed E-state index contributed by atoms with van der Waals surface area (Å²) in [6.45, 7) is 5.37. The molecule has 118 valence electrons. The third-order valence-corrected chi connectivity index (χ3v) is 4.64. The lowest BCUT2D eigenvalue weighted by molar-refractivity contribution is 0.0770. The van der Waals surface area contributed by atoms with Gasteiger partial charge in [-0.1, -0.05) is 0 Å². The molecule has 23 heavy (non-hydrogen) atoms. The number of aryl methyl sites for hydroxylation is 1. The molecule has 0 saturated carbocycles. The van der Waals surface area contributed by atoms with Gasteiger partial charge >= 0.3 is 0 Å². The summed E-state index contributed by atoms with van der Waals surface area (Å²) >= 11 is 0. The first-order valence-electron chi connectivity index (χ1n) is 7.80. The van der Waals surface area contributed by atoms with Crippen molar-refractivity contribution in [3.05, 3.63) is 42.4 Å². The molecule has 0 aromatic carbocycles. The molecule has 4 rings (SSSR count). The van der Waals surface area contributed by atoms with E-state index >= 15 is 0 Å². The van der Waals surface area contributed by atoms with Crippen molar-refractivity contribution < 1.29 is 4.79 Å². The summed E-state index contributed by atoms with van der Waals surface area (Å²) in [7, 11) is 0. The summed E-state index contributed by atoms with van der Waals surface area (Å²) in [4.78, 5) is 33.3. The van der Waals surface area contributed by atoms with Crippen LogP contribution in [0.15, 0.2) is 30.9 Å². The molecule has 1 amide bonds. The van der Waals surface area contributed by atoms with E-state index in [2.05, 4.69) is 24.8 Å². The molecule has 0 aliphatic carbocycles. The van der Waals surface area contributed by atoms with E-state index in [0.717, 1.165) is 37.7 Å². The van der Waals surface area contributed by atoms with Gasteiger partial charge in [0.15, 0.2) is 0 Å². The minimum absolute atomic E-state index is 0.0653. The highest BCUT2D eigenvalue weighted by atomic mass is 16.2. The van der Waals surface area contributed by atoms with Gasteiger partial charge in [-0.15, -0.1) is 0 Å². The van der Waals surface area contributed by atoms with Crippen molar-refractivity contribution in [2.45, 2.75) is 6.92 Å². The number of carbonyl (C=O) groups excluding carboxylic acids is 1. The van der Waals surface area contributed by atoms with Gasteiger partial charge in [-0.25, -0.2) is 19.9 Å². The standard InChI is InChI=1S/C16H18N6O/c1-11-5-14(20-10-19-11)21-6-12-8-22(9-13(12)7-21)16(23)15-17-3-2-4-18-15/h2-5,10,12-13H,6-9H2,1H3. The Kier molecular flexibility index (Phi) is 3.40. The Hall–Kier alpha value is -2.57. The summed E-state index contributed by atoms with van der Waals surface area (Å²) in [6.07, 6.45) is 4.83. The Bertz CT molecular complexity index is 708. The van der Waals surface area contributed by atoms with Crippen molar-refractivity contribution in [1.82, 2.24) is 24.8 Å². The molecular weight excluding hydrogens is 292 g/mol. The molecule has 2 unspecified atom stereocenters. The molecule has 4 heterocycles. The molecule has 2 atom stereocenters. The Labute approximate surface area is 134 Å². The van der Waals surface area contributed by atoms with Crippen molar-refractivity contribution in [1.29, 1.82) is 0 Å². The van der Waals surface area contributed by atoms with Crippen LogP contribution in [0, 0.1) is 18.8 Å². The Morgan fingerprint density at radius 3 is 2.39 bits per heavy atom. The minimum atomic E-state index is -0.0653. The molecule has 7 heteroatoms. The van der Waals surface area contributed by atoms with Crippen LogP contribution in [0.3, 0.4) is 0 Å². The van der Waals surface area contributed by atoms with Gasteiger partial charge in [0.2, 0.25) is 5.82 Å². The van der Waals surface area contributed by atoms with Crippen LogP contribution in [0.4, 0.5) is 5.82 Å². The zero-order valence-corrected chi connectivity index (χ0v) is 13.0. The van der Waals surface area contributed by atoms with E-state index < -0.39 is 0 Å². The highest BCUT2D eigenvalue weighted by Crippen LogP contribution is 2.33. The summed E-state index contributed by atoms with van der Waals surface area (Å²) in [5.41, 5.74) is 0.977. The molecule has 7 nitrogen and oxygen atoms in total. The van der Waals surface area contributed by atoms with E-state index in [1.165, 1.54) is 0 Å². The number of nitrogens with zero attached hydrogens (tertiary/aromatic N) is 6. The molecule has 2 fully saturated rings. The lowest BCUT2D eigenvalue weighted by atomic mass is 10.0. The lowest BCUT2D eigenvalue weighted by Crippen LogP contribution is -2.34. The molecule has 2 aromatic heterocycles. The second-order valence-electron chi connectivity index (χ2n) is 6.23. The first-order chi connectivity index (χ1) is 11.2. The van der Waals surface area contributed by atoms with Crippen LogP contribution >= 0.6 is 0 Å². The van der Waals surface area contributed by atoms with Crippen molar-refractivity contribution in [3.63, 3.8) is 0 Å². The van der Waals surface area contributed by atoms with Crippen molar-refractivity contribution in [2.75, 3.05) is 31.1 Å². The molecule has 0 N–H and O–H groups in total. The van der Waals surface area contributed by atoms with Gasteiger partial charge < -0.3 is 9.80 Å². The summed E-state index contributed by atoms with van der Waals surface area (Å²) in [5.74, 6) is 2.17. The maximum atomic E-state index is 12.4. The van der Waals surface area contributed by atoms with E-state index in [1.807, 2.05) is 17.9 Å². The van der Waals surface area contributed by atoms with E-state index in [9.17, 15) is 4.79 Å². The second-order valence-corrected chi connectivity index (χ2v) is 6.23. The molecule has 0 radical (unpaired) electrons. The number of rotatable bonds is 2. The van der Waals surface area contributed by atoms with Gasteiger partial charge in [-0.2, -0.15) is 0 Å². The molecular formula is C16H18N6O. The molecule has 2 saturated heterocycles. The number of anilines is 1. The largest absolute Gasteiger partial charge is 0.356 e. The highest BCUT2D eigenvalue weighted by molar-refractivity contribution is 5.90. The number of amides is 1. The highest BCUT2D eigenvalue weighted by Gasteiger charge is 2.42. The zero-order chi connectivity index (χ0) is 15.8. The van der Waals surface area contributed by atoms with Crippen molar-refractivity contribution in [2.24, 2.45) is 11.8 Å². The molecule has 2 aliphatic heterocycles. The summed E-state index contributed by atoms with van der Waals surface area (Å²) in [5, 5.41) is 0. The first-order valence-corrected chi connectivity index (χ1v) is 7.80. The molecule has 2 aromatic rings. The van der Waals surface area contributed by atoms with Crippen LogP contribution in [0.2, 0.25) is 0 Å². The zero-order valence-electron chi connectivity index (χ0n) is 13.0. The lowest BCUT2D eigenvalue weighted by Gasteiger charge is -2.22. The maximum absolute atomic E-state index is 12.4. The fraction of sp³-hybridized carbons (Fsp3) is 0.438. The van der Waals surface area contributed by atoms with Crippen molar-refractivity contribution in [3.8, 4) is 0 Å². The van der Waals surface area contributed by atoms with Crippen LogP contribution in [0.1, 0.15) is 16.3 Å². The normalized spacial score (nSPS) is 23.2. The second kappa shape index (κ2) is 5.57. The van der Waals surface area contributed by atoms with E-state index in [-0.39, 0.29) is 11.7 Å². The smallest absolute Gasteiger partial charge is 0.291 e. The summed E-state index contributed by atoms with van der Waals surface area (Å²) < 4.78 is 0. The molecule has 0 bridgehead atoms. The van der Waals surface area contributed by atoms with Crippen LogP contribution in [0.25, 0.3) is 0 Å². The van der Waals surface area contributed by atoms with Crippen LogP contribution < -0.4 is 4.90 Å². The van der Waals surface area contributed by atoms with Crippen LogP contribution in [-0.4, -0.2) is 56.9 Å². The minimum Gasteiger partial charge on any atom is -0.356 e. The van der Waals surface area contributed by atoms with Crippen LogP contribution in [0.5, 0.6) is 0 Å². The fourth-order valence-electron chi connectivity index (χ4n) is 3.51. The van der Waals surface area contributed by atoms with E-state index in [0.29, 0.717) is 11.8 Å². The topological polar surface area (TPSA) is 75.1 Å². The number of hydrogen-bond donors (Lipinski definition) is 0. The number of likely N-dealkylation sites (tertiary alicyclic amines) is 1. The number of hydrogen-bond acceptors (Lipinski definition) is 6. The average molecular weight is 310 g/mol. The molecule has 2 aliphatic rings. The van der Waals surface area contributed by atoms with E-state index in [4.69, 9.17) is 0 Å². The third kappa shape index (κ3) is 2.62. The Balaban J connectivity index is 1.43. The third-order valence-electron chi connectivity index (χ3n) is 4.64. The Morgan fingerprint density at radius 2 is 1.74 bits per heavy atom. The Morgan fingerprint density at radius 1 is 1.04 bits per heavy atom. The predicted molar refractivity (Wildman–Crippen MR) is 83.9 cm³/mol. The number of aromatic nitrogens is 4. The van der Waals surface area contributed by atoms with Gasteiger partial charge in [-0.3, -0.25) is 4.79 Å². The van der Waals surface area contributed by atoms with Crippen molar-refractivity contribution >= 4 is 11.7 Å². The van der Waals surface area contributed by atoms with Gasteiger partial charge in [-0.05, 0) is 13.0 Å². The first kappa shape index (κ1) is 14.0. The summed E-state index contributed by atoms with van der Waals surface area (Å²) in [6, 6.07) is 3.73. The SMILES string of the molecule is Cc1cc(N2CC3CN(C(=O)c4ncccn4)CC3C2)ncn1. The fourth-order valence-corrected chi connectivity index (χ4v) is 3.51. The predicted octanol–water partition coefficient (Wildman–Crippen LogP) is 0.783. The molecule has 0 spiro atoms. The van der Waals surface area contributed by atoms with E-state index in [1.54, 1.807) is 24.8 Å². The maximum Gasteiger partial charge on any atom is 0.291 e. The number of carbonyl (C=O) groups is 1. The monoisotopic (exact) mass is 310 g/mol. The quantitative estimate of drug-likeness (QED) is 0.816. The van der Waals surface area contributed by atoms with Gasteiger partial charge in [0, 0.05) is 62.2 Å². The van der Waals surface area contributed by atoms with Crippen LogP contribution in [-0.2, 0) is 0 Å².